The highest BCUT2D eigenvalue weighted by Gasteiger charge is 2.30. The number of Topliss-reactive ketones (excluding diaryl/α,β-unsaturated/α-hetero) is 1. The van der Waals surface area contributed by atoms with E-state index < -0.39 is 21.5 Å². The van der Waals surface area contributed by atoms with Crippen LogP contribution in [0.2, 0.25) is 0 Å². The van der Waals surface area contributed by atoms with Gasteiger partial charge >= 0.3 is 0 Å². The molecule has 38 heavy (non-hydrogen) atoms. The Morgan fingerprint density at radius 3 is 2.34 bits per heavy atom. The summed E-state index contributed by atoms with van der Waals surface area (Å²) in [4.78, 5) is 36.1. The van der Waals surface area contributed by atoms with E-state index in [-0.39, 0.29) is 17.5 Å². The predicted molar refractivity (Wildman–Crippen MR) is 144 cm³/mol. The molecular formula is C27H28N6O4S. The topological polar surface area (TPSA) is 141 Å². The van der Waals surface area contributed by atoms with E-state index in [9.17, 15) is 18.0 Å². The van der Waals surface area contributed by atoms with Crippen molar-refractivity contribution in [1.82, 2.24) is 24.5 Å². The predicted octanol–water partition coefficient (Wildman–Crippen LogP) is 2.99. The lowest BCUT2D eigenvalue weighted by Crippen LogP contribution is -2.41. The third-order valence-corrected chi connectivity index (χ3v) is 7.60. The molecule has 1 saturated heterocycles. The number of piperidine rings is 1. The molecule has 1 amide bonds. The Morgan fingerprint density at radius 2 is 1.74 bits per heavy atom. The maximum atomic E-state index is 12.6. The standard InChI is InChI=1S/C27H28N6O4S/c1-17(34)24-25(19-10-12-32(13-11-19)23(35)16-38(2,36)37)31-27-21(15-30-33(27)26(24)28)20-8-9-22(29-14-20)18-6-4-3-5-7-18/h3-9,14-15,19H,10-13,16,28H2,1-2H3. The van der Waals surface area contributed by atoms with Gasteiger partial charge in [-0.15, -0.1) is 0 Å². The Balaban J connectivity index is 1.48. The molecule has 4 aromatic rings. The van der Waals surface area contributed by atoms with Gasteiger partial charge in [0.2, 0.25) is 5.91 Å². The monoisotopic (exact) mass is 532 g/mol. The number of nitrogens with two attached hydrogens (primary N) is 1. The molecule has 4 heterocycles. The summed E-state index contributed by atoms with van der Waals surface area (Å²) in [5, 5.41) is 4.41. The molecule has 0 saturated carbocycles. The first kappa shape index (κ1) is 25.5. The molecule has 1 aliphatic rings. The number of benzene rings is 1. The van der Waals surface area contributed by atoms with E-state index in [4.69, 9.17) is 10.7 Å². The van der Waals surface area contributed by atoms with Crippen LogP contribution in [0, 0.1) is 0 Å². The van der Waals surface area contributed by atoms with Crippen molar-refractivity contribution in [3.05, 3.63) is 66.1 Å². The summed E-state index contributed by atoms with van der Waals surface area (Å²) >= 11 is 0. The maximum absolute atomic E-state index is 12.6. The number of likely N-dealkylation sites (tertiary alicyclic amines) is 1. The van der Waals surface area contributed by atoms with Crippen LogP contribution >= 0.6 is 0 Å². The Morgan fingerprint density at radius 1 is 1.03 bits per heavy atom. The highest BCUT2D eigenvalue weighted by Crippen LogP contribution is 2.35. The molecule has 5 rings (SSSR count). The van der Waals surface area contributed by atoms with Crippen LogP contribution in [0.15, 0.2) is 54.9 Å². The summed E-state index contributed by atoms with van der Waals surface area (Å²) in [6, 6.07) is 13.8. The van der Waals surface area contributed by atoms with Crippen molar-refractivity contribution < 1.29 is 18.0 Å². The second-order valence-corrected chi connectivity index (χ2v) is 11.8. The van der Waals surface area contributed by atoms with Gasteiger partial charge in [0.25, 0.3) is 0 Å². The number of amides is 1. The maximum Gasteiger partial charge on any atom is 0.237 e. The molecule has 0 spiro atoms. The van der Waals surface area contributed by atoms with Crippen molar-refractivity contribution in [2.45, 2.75) is 25.7 Å². The molecule has 0 unspecified atom stereocenters. The number of hydrogen-bond donors (Lipinski definition) is 1. The van der Waals surface area contributed by atoms with Gasteiger partial charge in [-0.3, -0.25) is 14.6 Å². The molecule has 0 bridgehead atoms. The number of hydrogen-bond acceptors (Lipinski definition) is 8. The smallest absolute Gasteiger partial charge is 0.237 e. The fraction of sp³-hybridized carbons (Fsp3) is 0.296. The summed E-state index contributed by atoms with van der Waals surface area (Å²) < 4.78 is 24.6. The number of sulfone groups is 1. The number of nitrogens with zero attached hydrogens (tertiary/aromatic N) is 5. The Labute approximate surface area is 220 Å². The van der Waals surface area contributed by atoms with Crippen LogP contribution in [0.25, 0.3) is 28.0 Å². The van der Waals surface area contributed by atoms with Crippen molar-refractivity contribution in [2.24, 2.45) is 0 Å². The van der Waals surface area contributed by atoms with E-state index in [0.29, 0.717) is 42.8 Å². The van der Waals surface area contributed by atoms with Gasteiger partial charge < -0.3 is 10.6 Å². The van der Waals surface area contributed by atoms with Gasteiger partial charge in [0.05, 0.1) is 23.1 Å². The molecule has 1 fully saturated rings. The molecule has 1 aromatic carbocycles. The van der Waals surface area contributed by atoms with Crippen LogP contribution in [-0.2, 0) is 14.6 Å². The van der Waals surface area contributed by atoms with E-state index in [1.165, 1.54) is 11.4 Å². The molecule has 0 aliphatic carbocycles. The Bertz CT molecular complexity index is 1620. The summed E-state index contributed by atoms with van der Waals surface area (Å²) in [5.74, 6) is -1.04. The summed E-state index contributed by atoms with van der Waals surface area (Å²) in [6.07, 6.45) is 5.55. The lowest BCUT2D eigenvalue weighted by Gasteiger charge is -2.32. The third kappa shape index (κ3) is 5.01. The van der Waals surface area contributed by atoms with Crippen molar-refractivity contribution in [2.75, 3.05) is 30.8 Å². The number of nitrogen functional groups attached to an aromatic ring is 1. The van der Waals surface area contributed by atoms with Gasteiger partial charge in [-0.2, -0.15) is 9.61 Å². The van der Waals surface area contributed by atoms with Crippen LogP contribution in [0.1, 0.15) is 41.7 Å². The van der Waals surface area contributed by atoms with Gasteiger partial charge in [-0.05, 0) is 25.8 Å². The number of ketones is 1. The molecule has 0 atom stereocenters. The molecule has 196 valence electrons. The van der Waals surface area contributed by atoms with Gasteiger partial charge in [-0.1, -0.05) is 36.4 Å². The number of carbonyl (C=O) groups is 2. The lowest BCUT2D eigenvalue weighted by atomic mass is 9.89. The van der Waals surface area contributed by atoms with Crippen LogP contribution in [0.5, 0.6) is 0 Å². The number of aromatic nitrogens is 4. The molecule has 1 aliphatic heterocycles. The van der Waals surface area contributed by atoms with E-state index in [1.54, 1.807) is 17.3 Å². The SMILES string of the molecule is CC(=O)c1c(C2CCN(C(=O)CS(C)(=O)=O)CC2)nc2c(-c3ccc(-c4ccccc4)nc3)cnn2c1N. The number of rotatable bonds is 6. The number of fused-ring (bicyclic) bond motifs is 1. The molecule has 0 radical (unpaired) electrons. The van der Waals surface area contributed by atoms with E-state index in [0.717, 1.165) is 28.6 Å². The zero-order chi connectivity index (χ0) is 27.0. The summed E-state index contributed by atoms with van der Waals surface area (Å²) in [6.45, 7) is 2.20. The average Bonchev–Trinajstić information content (AvgIpc) is 3.32. The van der Waals surface area contributed by atoms with Crippen molar-refractivity contribution >= 4 is 33.0 Å². The number of carbonyl (C=O) groups excluding carboxylic acids is 2. The second kappa shape index (κ2) is 9.97. The quantitative estimate of drug-likeness (QED) is 0.374. The fourth-order valence-electron chi connectivity index (χ4n) is 4.94. The van der Waals surface area contributed by atoms with Crippen LogP contribution in [0.4, 0.5) is 5.82 Å². The van der Waals surface area contributed by atoms with E-state index in [2.05, 4.69) is 10.1 Å². The minimum Gasteiger partial charge on any atom is -0.383 e. The van der Waals surface area contributed by atoms with Gasteiger partial charge in [0, 0.05) is 48.2 Å². The van der Waals surface area contributed by atoms with Crippen molar-refractivity contribution in [1.29, 1.82) is 0 Å². The summed E-state index contributed by atoms with van der Waals surface area (Å²) in [7, 11) is -3.41. The molecule has 10 nitrogen and oxygen atoms in total. The molecule has 2 N–H and O–H groups in total. The van der Waals surface area contributed by atoms with Crippen LogP contribution in [-0.4, -0.2) is 69.7 Å². The highest BCUT2D eigenvalue weighted by molar-refractivity contribution is 7.91. The van der Waals surface area contributed by atoms with Crippen molar-refractivity contribution in [3.8, 4) is 22.4 Å². The minimum atomic E-state index is -3.41. The normalized spacial score (nSPS) is 14.6. The van der Waals surface area contributed by atoms with Crippen LogP contribution in [0.3, 0.4) is 0 Å². The largest absolute Gasteiger partial charge is 0.383 e. The van der Waals surface area contributed by atoms with E-state index in [1.807, 2.05) is 42.5 Å². The first-order chi connectivity index (χ1) is 18.1. The number of anilines is 1. The average molecular weight is 533 g/mol. The lowest BCUT2D eigenvalue weighted by molar-refractivity contribution is -0.129. The molecule has 3 aromatic heterocycles. The highest BCUT2D eigenvalue weighted by atomic mass is 32.2. The zero-order valence-electron chi connectivity index (χ0n) is 21.2. The molecule has 11 heteroatoms. The zero-order valence-corrected chi connectivity index (χ0v) is 22.0. The van der Waals surface area contributed by atoms with Crippen LogP contribution < -0.4 is 5.73 Å². The van der Waals surface area contributed by atoms with Gasteiger partial charge in [0.15, 0.2) is 21.3 Å². The van der Waals surface area contributed by atoms with Crippen molar-refractivity contribution in [3.63, 3.8) is 0 Å². The molecular weight excluding hydrogens is 504 g/mol. The first-order valence-corrected chi connectivity index (χ1v) is 14.3. The van der Waals surface area contributed by atoms with Gasteiger partial charge in [0.1, 0.15) is 11.6 Å². The van der Waals surface area contributed by atoms with E-state index >= 15 is 0 Å². The first-order valence-electron chi connectivity index (χ1n) is 12.3. The second-order valence-electron chi connectivity index (χ2n) is 9.63. The number of pyridine rings is 1. The Hall–Kier alpha value is -4.12. The summed E-state index contributed by atoms with van der Waals surface area (Å²) in [5.41, 5.74) is 11.3. The third-order valence-electron chi connectivity index (χ3n) is 6.83. The fourth-order valence-corrected chi connectivity index (χ4v) is 5.57. The van der Waals surface area contributed by atoms with Gasteiger partial charge in [-0.25, -0.2) is 13.4 Å². The minimum absolute atomic E-state index is 0.121. The Kier molecular flexibility index (Phi) is 6.70.